The first kappa shape index (κ1) is 23.8. The van der Waals surface area contributed by atoms with Gasteiger partial charge in [-0.15, -0.1) is 11.3 Å². The highest BCUT2D eigenvalue weighted by molar-refractivity contribution is 7.21. The zero-order valence-corrected chi connectivity index (χ0v) is 22.0. The van der Waals surface area contributed by atoms with E-state index >= 15 is 0 Å². The van der Waals surface area contributed by atoms with Gasteiger partial charge in [0.15, 0.2) is 11.4 Å². The summed E-state index contributed by atoms with van der Waals surface area (Å²) in [4.78, 5) is 40.6. The molecular weight excluding hydrogens is 512 g/mol. The van der Waals surface area contributed by atoms with Crippen molar-refractivity contribution >= 4 is 67.3 Å². The van der Waals surface area contributed by atoms with Gasteiger partial charge in [-0.25, -0.2) is 19.7 Å². The van der Waals surface area contributed by atoms with Crippen molar-refractivity contribution in [2.45, 2.75) is 25.7 Å². The van der Waals surface area contributed by atoms with Gasteiger partial charge in [-0.2, -0.15) is 0 Å². The van der Waals surface area contributed by atoms with E-state index in [2.05, 4.69) is 37.6 Å². The second-order valence-corrected chi connectivity index (χ2v) is 10.9. The average Bonchev–Trinajstić information content (AvgIpc) is 3.59. The summed E-state index contributed by atoms with van der Waals surface area (Å²) in [5.41, 5.74) is 3.52. The van der Waals surface area contributed by atoms with E-state index in [4.69, 9.17) is 4.42 Å². The minimum Gasteiger partial charge on any atom is -0.462 e. The first-order valence-corrected chi connectivity index (χ1v) is 13.9. The van der Waals surface area contributed by atoms with Crippen LogP contribution in [0.5, 0.6) is 0 Å². The third kappa shape index (κ3) is 4.31. The number of nitrogens with zero attached hydrogens (tertiary/aromatic N) is 4. The molecule has 2 aromatic carbocycles. The number of anilines is 4. The molecule has 0 saturated carbocycles. The molecule has 0 bridgehead atoms. The fraction of sp³-hybridized carbons (Fsp3) is 0.241. The minimum atomic E-state index is -0.420. The number of carbonyl (C=O) groups excluding carboxylic acids is 2. The number of piperidine rings is 1. The molecule has 3 amide bonds. The summed E-state index contributed by atoms with van der Waals surface area (Å²) in [6.07, 6.45) is 7.91. The number of likely N-dealkylation sites (tertiary alicyclic amines) is 1. The van der Waals surface area contributed by atoms with Gasteiger partial charge in [0.2, 0.25) is 0 Å². The van der Waals surface area contributed by atoms with Gasteiger partial charge in [-0.1, -0.05) is 30.7 Å². The molecule has 1 fully saturated rings. The average molecular weight is 539 g/mol. The van der Waals surface area contributed by atoms with Crippen molar-refractivity contribution in [1.29, 1.82) is 0 Å². The van der Waals surface area contributed by atoms with Gasteiger partial charge in [0.25, 0.3) is 5.91 Å². The van der Waals surface area contributed by atoms with Crippen molar-refractivity contribution in [3.05, 3.63) is 71.6 Å². The second kappa shape index (κ2) is 9.79. The van der Waals surface area contributed by atoms with E-state index in [1.807, 2.05) is 30.3 Å². The summed E-state index contributed by atoms with van der Waals surface area (Å²) in [6.45, 7) is 3.43. The second-order valence-electron chi connectivity index (χ2n) is 9.87. The number of hydrogen-bond donors (Lipinski definition) is 2. The molecular formula is C29H26N6O3S. The van der Waals surface area contributed by atoms with Gasteiger partial charge in [0.05, 0.1) is 23.0 Å². The number of urea groups is 1. The van der Waals surface area contributed by atoms with Gasteiger partial charge in [-0.3, -0.25) is 4.79 Å². The molecule has 9 nitrogen and oxygen atoms in total. The third-order valence-electron chi connectivity index (χ3n) is 7.40. The number of fused-ring (bicyclic) bond motifs is 1. The summed E-state index contributed by atoms with van der Waals surface area (Å²) in [6, 6.07) is 15.0. The first-order chi connectivity index (χ1) is 19.2. The van der Waals surface area contributed by atoms with Crippen molar-refractivity contribution < 1.29 is 14.0 Å². The van der Waals surface area contributed by atoms with Crippen LogP contribution in [-0.4, -0.2) is 46.4 Å². The van der Waals surface area contributed by atoms with Gasteiger partial charge >= 0.3 is 6.03 Å². The summed E-state index contributed by atoms with van der Waals surface area (Å²) in [7, 11) is 0. The Hall–Kier alpha value is -4.28. The van der Waals surface area contributed by atoms with Crippen LogP contribution in [0, 0.1) is 0 Å². The Balaban J connectivity index is 1.14. The van der Waals surface area contributed by atoms with Crippen molar-refractivity contribution in [2.24, 2.45) is 0 Å². The third-order valence-corrected chi connectivity index (χ3v) is 8.49. The predicted molar refractivity (Wildman–Crippen MR) is 153 cm³/mol. The molecule has 2 aliphatic heterocycles. The van der Waals surface area contributed by atoms with Crippen LogP contribution < -0.4 is 15.5 Å². The first-order valence-electron chi connectivity index (χ1n) is 13.1. The molecule has 0 aliphatic carbocycles. The molecule has 7 rings (SSSR count). The summed E-state index contributed by atoms with van der Waals surface area (Å²) < 4.78 is 5.67. The van der Waals surface area contributed by atoms with Crippen molar-refractivity contribution in [3.63, 3.8) is 0 Å². The summed E-state index contributed by atoms with van der Waals surface area (Å²) >= 11 is 1.23. The lowest BCUT2D eigenvalue weighted by Crippen LogP contribution is -2.35. The molecule has 2 N–H and O–H groups in total. The van der Waals surface area contributed by atoms with Gasteiger partial charge in [0.1, 0.15) is 16.0 Å². The highest BCUT2D eigenvalue weighted by Crippen LogP contribution is 2.46. The minimum absolute atomic E-state index is 0.304. The molecule has 0 unspecified atom stereocenters. The van der Waals surface area contributed by atoms with Crippen molar-refractivity contribution in [2.75, 3.05) is 35.2 Å². The fourth-order valence-corrected chi connectivity index (χ4v) is 6.40. The summed E-state index contributed by atoms with van der Waals surface area (Å²) in [5.74, 6) is 0.109. The predicted octanol–water partition coefficient (Wildman–Crippen LogP) is 6.40. The van der Waals surface area contributed by atoms with Crippen LogP contribution in [0.1, 0.15) is 34.5 Å². The standard InChI is InChI=1S/C29H26N6O3S/c36-27(32-20-9-7-18(8-10-20)11-15-34-13-2-1-3-14-34)25-23-22-26(30-17-31-28(22)39-25)35(29(37)33-23)21-6-4-5-19-12-16-38-24(19)21/h4-10,12,16-17H,1-3,11,13-15H2,(H,32,36)(H,33,37). The van der Waals surface area contributed by atoms with Gasteiger partial charge in [0, 0.05) is 17.6 Å². The van der Waals surface area contributed by atoms with E-state index in [0.717, 1.165) is 18.4 Å². The van der Waals surface area contributed by atoms with E-state index in [9.17, 15) is 9.59 Å². The fourth-order valence-electron chi connectivity index (χ4n) is 5.42. The molecule has 1 saturated heterocycles. The van der Waals surface area contributed by atoms with E-state index < -0.39 is 6.03 Å². The van der Waals surface area contributed by atoms with Crippen LogP contribution in [0.15, 0.2) is 65.5 Å². The number of para-hydroxylation sites is 1. The Morgan fingerprint density at radius 3 is 2.74 bits per heavy atom. The Labute approximate surface area is 228 Å². The summed E-state index contributed by atoms with van der Waals surface area (Å²) in [5, 5.41) is 7.40. The quantitative estimate of drug-likeness (QED) is 0.259. The smallest absolute Gasteiger partial charge is 0.332 e. The highest BCUT2D eigenvalue weighted by Gasteiger charge is 2.35. The van der Waals surface area contributed by atoms with E-state index in [0.29, 0.717) is 43.6 Å². The Morgan fingerprint density at radius 2 is 1.90 bits per heavy atom. The van der Waals surface area contributed by atoms with Gasteiger partial charge in [-0.05, 0) is 62.2 Å². The van der Waals surface area contributed by atoms with Crippen LogP contribution in [0.4, 0.5) is 27.7 Å². The Morgan fingerprint density at radius 1 is 1.05 bits per heavy atom. The molecule has 196 valence electrons. The SMILES string of the molecule is O=C(Nc1ccc(CCN2CCCCC2)cc1)c1sc2ncnc3c2c1NC(=O)N3c1cccc2ccoc12. The number of carbonyl (C=O) groups is 2. The van der Waals surface area contributed by atoms with Gasteiger partial charge < -0.3 is 20.0 Å². The lowest BCUT2D eigenvalue weighted by molar-refractivity contribution is 0.103. The maximum absolute atomic E-state index is 13.4. The number of benzene rings is 2. The van der Waals surface area contributed by atoms with Crippen molar-refractivity contribution in [1.82, 2.24) is 14.9 Å². The topological polar surface area (TPSA) is 104 Å². The maximum Gasteiger partial charge on any atom is 0.332 e. The lowest BCUT2D eigenvalue weighted by atomic mass is 10.1. The Kier molecular flexibility index (Phi) is 5.98. The Bertz CT molecular complexity index is 1700. The lowest BCUT2D eigenvalue weighted by Gasteiger charge is -2.27. The zero-order chi connectivity index (χ0) is 26.3. The van der Waals surface area contributed by atoms with E-state index in [1.54, 1.807) is 12.3 Å². The zero-order valence-electron chi connectivity index (χ0n) is 21.1. The molecule has 5 heterocycles. The van der Waals surface area contributed by atoms with Crippen LogP contribution in [0.25, 0.3) is 21.2 Å². The number of rotatable bonds is 6. The highest BCUT2D eigenvalue weighted by atomic mass is 32.1. The molecule has 3 aromatic heterocycles. The molecule has 2 aliphatic rings. The molecule has 10 heteroatoms. The number of thiophene rings is 1. The number of hydrogen-bond acceptors (Lipinski definition) is 7. The largest absolute Gasteiger partial charge is 0.462 e. The van der Waals surface area contributed by atoms with Crippen LogP contribution in [-0.2, 0) is 6.42 Å². The molecule has 39 heavy (non-hydrogen) atoms. The molecule has 0 spiro atoms. The number of furan rings is 1. The maximum atomic E-state index is 13.4. The number of amides is 3. The van der Waals surface area contributed by atoms with E-state index in [-0.39, 0.29) is 5.91 Å². The van der Waals surface area contributed by atoms with Crippen LogP contribution >= 0.6 is 11.3 Å². The van der Waals surface area contributed by atoms with Crippen LogP contribution in [0.3, 0.4) is 0 Å². The monoisotopic (exact) mass is 538 g/mol. The molecule has 0 radical (unpaired) electrons. The number of nitrogens with one attached hydrogen (secondary N) is 2. The molecule has 0 atom stereocenters. The van der Waals surface area contributed by atoms with Crippen LogP contribution in [0.2, 0.25) is 0 Å². The normalized spacial score (nSPS) is 15.6. The van der Waals surface area contributed by atoms with E-state index in [1.165, 1.54) is 60.5 Å². The molecule has 5 aromatic rings. The number of aromatic nitrogens is 2. The van der Waals surface area contributed by atoms with Crippen molar-refractivity contribution in [3.8, 4) is 0 Å².